The van der Waals surface area contributed by atoms with E-state index in [-0.39, 0.29) is 5.56 Å². The van der Waals surface area contributed by atoms with Gasteiger partial charge in [0, 0.05) is 5.56 Å². The molecule has 2 aromatic rings. The molecule has 0 fully saturated rings. The Kier molecular flexibility index (Phi) is 8.26. The maximum absolute atomic E-state index is 15.5. The van der Waals surface area contributed by atoms with E-state index in [1.54, 1.807) is 18.2 Å². The highest BCUT2D eigenvalue weighted by Crippen LogP contribution is 2.41. The van der Waals surface area contributed by atoms with Crippen LogP contribution >= 0.6 is 0 Å². The van der Waals surface area contributed by atoms with Crippen molar-refractivity contribution in [2.24, 2.45) is 5.73 Å². The van der Waals surface area contributed by atoms with Crippen LogP contribution in [0.3, 0.4) is 0 Å². The zero-order valence-electron chi connectivity index (χ0n) is 18.1. The summed E-state index contributed by atoms with van der Waals surface area (Å²) in [5.74, 6) is -4.03. The van der Waals surface area contributed by atoms with Crippen LogP contribution in [0.15, 0.2) is 54.6 Å². The van der Waals surface area contributed by atoms with Crippen LogP contribution in [0.2, 0.25) is 18.1 Å². The highest BCUT2D eigenvalue weighted by molar-refractivity contribution is 6.73. The van der Waals surface area contributed by atoms with Gasteiger partial charge in [0.2, 0.25) is 5.91 Å². The predicted molar refractivity (Wildman–Crippen MR) is 121 cm³/mol. The molecule has 2 aromatic carbocycles. The van der Waals surface area contributed by atoms with Gasteiger partial charge < -0.3 is 10.2 Å². The Morgan fingerprint density at radius 2 is 1.71 bits per heavy atom. The summed E-state index contributed by atoms with van der Waals surface area (Å²) in [5.41, 5.74) is 6.55. The van der Waals surface area contributed by atoms with E-state index in [0.717, 1.165) is 24.2 Å². The SMILES string of the molecule is CC[Si](CC)(CC)OC(c1ccc(C#N)cc1)C(F)(F)/C=C/c1ccccc1C(N)=O. The average Bonchev–Trinajstić information content (AvgIpc) is 2.79. The number of carbonyl (C=O) groups is 1. The molecule has 7 heteroatoms. The Bertz CT molecular complexity index is 956. The Morgan fingerprint density at radius 1 is 1.13 bits per heavy atom. The van der Waals surface area contributed by atoms with E-state index >= 15 is 8.78 Å². The summed E-state index contributed by atoms with van der Waals surface area (Å²) in [6.07, 6.45) is 0.495. The molecule has 0 aromatic heterocycles. The molecular weight excluding hydrogens is 414 g/mol. The summed E-state index contributed by atoms with van der Waals surface area (Å²) in [6.45, 7) is 5.93. The standard InChI is InChI=1S/C24H28F2N2O2Si/c1-4-31(5-2,6-3)30-22(20-13-11-18(17-27)12-14-20)24(25,26)16-15-19-9-7-8-10-21(19)23(28)29/h7-16,22H,4-6H2,1-3H3,(H2,28,29)/b16-15+. The van der Waals surface area contributed by atoms with Crippen LogP contribution < -0.4 is 5.73 Å². The van der Waals surface area contributed by atoms with Crippen LogP contribution in [0.5, 0.6) is 0 Å². The molecule has 0 heterocycles. The molecule has 0 saturated carbocycles. The molecule has 1 atom stereocenters. The minimum absolute atomic E-state index is 0.171. The first-order chi connectivity index (χ1) is 14.7. The number of nitrogens with zero attached hydrogens (tertiary/aromatic N) is 1. The lowest BCUT2D eigenvalue weighted by atomic mass is 10.00. The number of hydrogen-bond donors (Lipinski definition) is 1. The zero-order valence-corrected chi connectivity index (χ0v) is 19.1. The number of benzene rings is 2. The molecule has 2 N–H and O–H groups in total. The third-order valence-electron chi connectivity index (χ3n) is 5.70. The first-order valence-corrected chi connectivity index (χ1v) is 12.9. The lowest BCUT2D eigenvalue weighted by molar-refractivity contribution is -0.0627. The molecule has 0 aliphatic carbocycles. The van der Waals surface area contributed by atoms with Gasteiger partial charge in [-0.3, -0.25) is 4.79 Å². The van der Waals surface area contributed by atoms with Crippen molar-refractivity contribution in [2.75, 3.05) is 0 Å². The molecule has 1 unspecified atom stereocenters. The number of halogens is 2. The molecule has 4 nitrogen and oxygen atoms in total. The second-order valence-electron chi connectivity index (χ2n) is 7.43. The molecule has 0 aliphatic rings. The second-order valence-corrected chi connectivity index (χ2v) is 12.2. The summed E-state index contributed by atoms with van der Waals surface area (Å²) in [7, 11) is -2.39. The summed E-state index contributed by atoms with van der Waals surface area (Å²) in [4.78, 5) is 11.6. The number of alkyl halides is 2. The third-order valence-corrected chi connectivity index (χ3v) is 10.3. The van der Waals surface area contributed by atoms with Crippen LogP contribution in [-0.4, -0.2) is 20.1 Å². The van der Waals surface area contributed by atoms with E-state index in [4.69, 9.17) is 15.4 Å². The normalized spacial score (nSPS) is 13.2. The third kappa shape index (κ3) is 5.87. The summed E-state index contributed by atoms with van der Waals surface area (Å²) in [6, 6.07) is 16.6. The molecule has 0 aliphatic heterocycles. The van der Waals surface area contributed by atoms with E-state index in [9.17, 15) is 4.79 Å². The first-order valence-electron chi connectivity index (χ1n) is 10.4. The number of carbonyl (C=O) groups excluding carboxylic acids is 1. The fourth-order valence-corrected chi connectivity index (χ4v) is 6.30. The lowest BCUT2D eigenvalue weighted by Gasteiger charge is -2.36. The van der Waals surface area contributed by atoms with Crippen molar-refractivity contribution < 1.29 is 18.0 Å². The van der Waals surface area contributed by atoms with Gasteiger partial charge in [-0.25, -0.2) is 0 Å². The van der Waals surface area contributed by atoms with Gasteiger partial charge >= 0.3 is 0 Å². The molecule has 0 spiro atoms. The Hall–Kier alpha value is -2.82. The molecule has 1 amide bonds. The van der Waals surface area contributed by atoms with Gasteiger partial charge in [-0.1, -0.05) is 57.2 Å². The average molecular weight is 443 g/mol. The van der Waals surface area contributed by atoms with Gasteiger partial charge in [-0.2, -0.15) is 14.0 Å². The summed E-state index contributed by atoms with van der Waals surface area (Å²) >= 11 is 0. The van der Waals surface area contributed by atoms with Gasteiger partial charge in [0.05, 0.1) is 11.6 Å². The quantitative estimate of drug-likeness (QED) is 0.454. The van der Waals surface area contributed by atoms with Crippen LogP contribution in [0, 0.1) is 11.3 Å². The monoisotopic (exact) mass is 442 g/mol. The highest BCUT2D eigenvalue weighted by Gasteiger charge is 2.44. The van der Waals surface area contributed by atoms with E-state index in [2.05, 4.69) is 0 Å². The zero-order chi connectivity index (χ0) is 23.1. The van der Waals surface area contributed by atoms with Crippen molar-refractivity contribution in [3.8, 4) is 6.07 Å². The van der Waals surface area contributed by atoms with Crippen molar-refractivity contribution in [3.05, 3.63) is 76.9 Å². The minimum atomic E-state index is -3.35. The van der Waals surface area contributed by atoms with Crippen molar-refractivity contribution in [2.45, 2.75) is 50.9 Å². The molecule has 2 rings (SSSR count). The topological polar surface area (TPSA) is 76.1 Å². The fourth-order valence-electron chi connectivity index (χ4n) is 3.51. The van der Waals surface area contributed by atoms with Crippen molar-refractivity contribution in [1.29, 1.82) is 5.26 Å². The lowest BCUT2D eigenvalue weighted by Crippen LogP contribution is -2.41. The van der Waals surface area contributed by atoms with Crippen molar-refractivity contribution in [1.82, 2.24) is 0 Å². The van der Waals surface area contributed by atoms with Gasteiger partial charge in [0.15, 0.2) is 8.32 Å². The molecule has 0 saturated heterocycles. The van der Waals surface area contributed by atoms with E-state index < -0.39 is 26.3 Å². The Labute approximate surface area is 183 Å². The van der Waals surface area contributed by atoms with Crippen LogP contribution in [0.25, 0.3) is 6.08 Å². The smallest absolute Gasteiger partial charge is 0.295 e. The van der Waals surface area contributed by atoms with Gasteiger partial charge in [-0.05, 0) is 53.5 Å². The number of rotatable bonds is 10. The van der Waals surface area contributed by atoms with Crippen molar-refractivity contribution >= 4 is 20.3 Å². The molecule has 31 heavy (non-hydrogen) atoms. The molecule has 164 valence electrons. The maximum atomic E-state index is 15.5. The van der Waals surface area contributed by atoms with E-state index in [0.29, 0.717) is 16.7 Å². The van der Waals surface area contributed by atoms with Crippen LogP contribution in [-0.2, 0) is 4.43 Å². The van der Waals surface area contributed by atoms with E-state index in [1.165, 1.54) is 36.4 Å². The highest BCUT2D eigenvalue weighted by atomic mass is 28.4. The maximum Gasteiger partial charge on any atom is 0.295 e. The number of hydrogen-bond acceptors (Lipinski definition) is 3. The molecule has 0 radical (unpaired) electrons. The number of primary amides is 1. The number of nitrogens with two attached hydrogens (primary N) is 1. The number of nitriles is 1. The fraction of sp³-hybridized carbons (Fsp3) is 0.333. The second kappa shape index (κ2) is 10.5. The largest absolute Gasteiger partial charge is 0.404 e. The summed E-state index contributed by atoms with van der Waals surface area (Å²) in [5, 5.41) is 9.04. The van der Waals surface area contributed by atoms with Crippen LogP contribution in [0.4, 0.5) is 8.78 Å². The van der Waals surface area contributed by atoms with Crippen LogP contribution in [0.1, 0.15) is 53.9 Å². The predicted octanol–water partition coefficient (Wildman–Crippen LogP) is 6.07. The van der Waals surface area contributed by atoms with Gasteiger partial charge in [-0.15, -0.1) is 0 Å². The molecule has 0 bridgehead atoms. The van der Waals surface area contributed by atoms with Gasteiger partial charge in [0.1, 0.15) is 6.10 Å². The first kappa shape index (κ1) is 24.4. The Balaban J connectivity index is 2.50. The molecular formula is C24H28F2N2O2Si. The minimum Gasteiger partial charge on any atom is -0.404 e. The van der Waals surface area contributed by atoms with E-state index in [1.807, 2.05) is 26.8 Å². The van der Waals surface area contributed by atoms with Gasteiger partial charge in [0.25, 0.3) is 5.92 Å². The summed E-state index contributed by atoms with van der Waals surface area (Å²) < 4.78 is 37.3. The Morgan fingerprint density at radius 3 is 2.23 bits per heavy atom. The number of amides is 1. The van der Waals surface area contributed by atoms with Crippen molar-refractivity contribution in [3.63, 3.8) is 0 Å².